The summed E-state index contributed by atoms with van der Waals surface area (Å²) in [4.78, 5) is 8.76. The minimum absolute atomic E-state index is 0.666. The topological polar surface area (TPSA) is 37.8 Å². The number of aromatic nitrogens is 2. The summed E-state index contributed by atoms with van der Waals surface area (Å²) in [6.07, 6.45) is 3.38. The normalized spacial score (nSPS) is 10.8. The van der Waals surface area contributed by atoms with Gasteiger partial charge in [0, 0.05) is 35.7 Å². The minimum Gasteiger partial charge on any atom is -0.388 e. The number of hydrogen-bond acceptors (Lipinski definition) is 3. The van der Waals surface area contributed by atoms with Crippen LogP contribution in [0, 0.1) is 6.92 Å². The lowest BCUT2D eigenvalue weighted by atomic mass is 10.0. The Hall–Kier alpha value is -2.13. The van der Waals surface area contributed by atoms with Gasteiger partial charge in [0.2, 0.25) is 0 Å². The zero-order valence-electron chi connectivity index (χ0n) is 11.3. The first-order valence-electron chi connectivity index (χ1n) is 6.38. The number of anilines is 1. The van der Waals surface area contributed by atoms with Crippen molar-refractivity contribution in [1.29, 1.82) is 0 Å². The summed E-state index contributed by atoms with van der Waals surface area (Å²) in [5.41, 5.74) is 6.04. The van der Waals surface area contributed by atoms with Crippen LogP contribution < -0.4 is 5.32 Å². The van der Waals surface area contributed by atoms with Gasteiger partial charge in [-0.05, 0) is 36.2 Å². The largest absolute Gasteiger partial charge is 0.388 e. The standard InChI is InChI=1S/C16H14ClN3/c1-10-3-4-11(7-14(10)18-2)13-8-12(17)9-15-16(13)20-6-5-19-15/h3-9,18H,1-2H3. The van der Waals surface area contributed by atoms with Gasteiger partial charge in [0.1, 0.15) is 0 Å². The van der Waals surface area contributed by atoms with E-state index in [1.165, 1.54) is 5.56 Å². The van der Waals surface area contributed by atoms with Crippen LogP contribution in [0.1, 0.15) is 5.56 Å². The van der Waals surface area contributed by atoms with Crippen molar-refractivity contribution in [3.8, 4) is 11.1 Å². The molecule has 0 radical (unpaired) electrons. The second kappa shape index (κ2) is 5.10. The predicted molar refractivity (Wildman–Crippen MR) is 84.3 cm³/mol. The number of rotatable bonds is 2. The first-order valence-corrected chi connectivity index (χ1v) is 6.76. The van der Waals surface area contributed by atoms with Crippen LogP contribution in [0.2, 0.25) is 5.02 Å². The number of fused-ring (bicyclic) bond motifs is 1. The number of hydrogen-bond donors (Lipinski definition) is 1. The summed E-state index contributed by atoms with van der Waals surface area (Å²) in [6, 6.07) is 10.0. The van der Waals surface area contributed by atoms with Gasteiger partial charge in [-0.15, -0.1) is 0 Å². The monoisotopic (exact) mass is 283 g/mol. The highest BCUT2D eigenvalue weighted by atomic mass is 35.5. The molecular formula is C16H14ClN3. The van der Waals surface area contributed by atoms with Crippen molar-refractivity contribution < 1.29 is 0 Å². The van der Waals surface area contributed by atoms with Gasteiger partial charge in [-0.2, -0.15) is 0 Å². The third-order valence-corrected chi connectivity index (χ3v) is 3.57. The smallest absolute Gasteiger partial charge is 0.0966 e. The van der Waals surface area contributed by atoms with Crippen LogP contribution in [0.3, 0.4) is 0 Å². The Labute approximate surface area is 122 Å². The van der Waals surface area contributed by atoms with Crippen LogP contribution in [0.4, 0.5) is 5.69 Å². The highest BCUT2D eigenvalue weighted by Gasteiger charge is 2.09. The Morgan fingerprint density at radius 1 is 1.05 bits per heavy atom. The van der Waals surface area contributed by atoms with Crippen LogP contribution in [-0.4, -0.2) is 17.0 Å². The number of nitrogens with zero attached hydrogens (tertiary/aromatic N) is 2. The molecular weight excluding hydrogens is 270 g/mol. The van der Waals surface area contributed by atoms with Crippen molar-refractivity contribution >= 4 is 28.3 Å². The maximum atomic E-state index is 6.20. The van der Waals surface area contributed by atoms with E-state index in [2.05, 4.69) is 40.4 Å². The molecule has 3 aromatic rings. The predicted octanol–water partition coefficient (Wildman–Crippen LogP) is 4.30. The molecule has 3 nitrogen and oxygen atoms in total. The van der Waals surface area contributed by atoms with E-state index in [-0.39, 0.29) is 0 Å². The molecule has 0 saturated carbocycles. The van der Waals surface area contributed by atoms with Gasteiger partial charge in [0.05, 0.1) is 11.0 Å². The van der Waals surface area contributed by atoms with E-state index >= 15 is 0 Å². The highest BCUT2D eigenvalue weighted by molar-refractivity contribution is 6.31. The fourth-order valence-corrected chi connectivity index (χ4v) is 2.53. The fraction of sp³-hybridized carbons (Fsp3) is 0.125. The second-order valence-electron chi connectivity index (χ2n) is 4.66. The van der Waals surface area contributed by atoms with Crippen LogP contribution in [0.25, 0.3) is 22.2 Å². The van der Waals surface area contributed by atoms with Crippen LogP contribution in [0.5, 0.6) is 0 Å². The van der Waals surface area contributed by atoms with Gasteiger partial charge in [-0.1, -0.05) is 23.7 Å². The summed E-state index contributed by atoms with van der Waals surface area (Å²) in [6.45, 7) is 2.07. The Balaban J connectivity index is 2.28. The molecule has 4 heteroatoms. The molecule has 20 heavy (non-hydrogen) atoms. The molecule has 3 rings (SSSR count). The summed E-state index contributed by atoms with van der Waals surface area (Å²) in [5, 5.41) is 3.87. The Bertz CT molecular complexity index is 784. The van der Waals surface area contributed by atoms with E-state index in [1.54, 1.807) is 12.4 Å². The van der Waals surface area contributed by atoms with Crippen molar-refractivity contribution in [1.82, 2.24) is 9.97 Å². The minimum atomic E-state index is 0.666. The van der Waals surface area contributed by atoms with E-state index in [4.69, 9.17) is 11.6 Å². The van der Waals surface area contributed by atoms with Crippen molar-refractivity contribution in [3.05, 3.63) is 53.3 Å². The van der Waals surface area contributed by atoms with Gasteiger partial charge in [0.25, 0.3) is 0 Å². The number of nitrogens with one attached hydrogen (secondary N) is 1. The third-order valence-electron chi connectivity index (χ3n) is 3.36. The summed E-state index contributed by atoms with van der Waals surface area (Å²) in [5.74, 6) is 0. The molecule has 0 atom stereocenters. The lowest BCUT2D eigenvalue weighted by Crippen LogP contribution is -1.93. The van der Waals surface area contributed by atoms with Gasteiger partial charge >= 0.3 is 0 Å². The molecule has 0 bridgehead atoms. The van der Waals surface area contributed by atoms with Crippen molar-refractivity contribution in [2.24, 2.45) is 0 Å². The molecule has 0 aliphatic heterocycles. The zero-order chi connectivity index (χ0) is 14.1. The molecule has 0 unspecified atom stereocenters. The van der Waals surface area contributed by atoms with Crippen molar-refractivity contribution in [3.63, 3.8) is 0 Å². The Morgan fingerprint density at radius 2 is 1.85 bits per heavy atom. The molecule has 1 aromatic heterocycles. The molecule has 1 N–H and O–H groups in total. The van der Waals surface area contributed by atoms with Crippen LogP contribution in [-0.2, 0) is 0 Å². The number of aryl methyl sites for hydroxylation is 1. The van der Waals surface area contributed by atoms with Crippen LogP contribution >= 0.6 is 11.6 Å². The van der Waals surface area contributed by atoms with Crippen molar-refractivity contribution in [2.45, 2.75) is 6.92 Å². The highest BCUT2D eigenvalue weighted by Crippen LogP contribution is 2.32. The lowest BCUT2D eigenvalue weighted by molar-refractivity contribution is 1.29. The van der Waals surface area contributed by atoms with Crippen molar-refractivity contribution in [2.75, 3.05) is 12.4 Å². The molecule has 0 aliphatic rings. The average Bonchev–Trinajstić information content (AvgIpc) is 2.47. The zero-order valence-corrected chi connectivity index (χ0v) is 12.1. The lowest BCUT2D eigenvalue weighted by Gasteiger charge is -2.10. The molecule has 0 spiro atoms. The van der Waals surface area contributed by atoms with Gasteiger partial charge in [-0.25, -0.2) is 0 Å². The Kier molecular flexibility index (Phi) is 3.28. The number of halogens is 1. The van der Waals surface area contributed by atoms with Gasteiger partial charge in [-0.3, -0.25) is 9.97 Å². The summed E-state index contributed by atoms with van der Waals surface area (Å²) >= 11 is 6.20. The summed E-state index contributed by atoms with van der Waals surface area (Å²) in [7, 11) is 1.92. The van der Waals surface area contributed by atoms with E-state index in [0.717, 1.165) is 27.8 Å². The molecule has 2 aromatic carbocycles. The number of benzene rings is 2. The maximum absolute atomic E-state index is 6.20. The van der Waals surface area contributed by atoms with Crippen LogP contribution in [0.15, 0.2) is 42.7 Å². The van der Waals surface area contributed by atoms with E-state index < -0.39 is 0 Å². The summed E-state index contributed by atoms with van der Waals surface area (Å²) < 4.78 is 0. The first kappa shape index (κ1) is 12.9. The quantitative estimate of drug-likeness (QED) is 0.762. The van der Waals surface area contributed by atoms with Gasteiger partial charge < -0.3 is 5.32 Å². The molecule has 0 saturated heterocycles. The van der Waals surface area contributed by atoms with E-state index in [0.29, 0.717) is 5.02 Å². The average molecular weight is 284 g/mol. The first-order chi connectivity index (χ1) is 9.69. The van der Waals surface area contributed by atoms with E-state index in [1.807, 2.05) is 19.2 Å². The molecule has 0 fully saturated rings. The van der Waals surface area contributed by atoms with Gasteiger partial charge in [0.15, 0.2) is 0 Å². The molecule has 100 valence electrons. The fourth-order valence-electron chi connectivity index (χ4n) is 2.32. The van der Waals surface area contributed by atoms with E-state index in [9.17, 15) is 0 Å². The SMILES string of the molecule is CNc1cc(-c2cc(Cl)cc3nccnc23)ccc1C. The molecule has 0 amide bonds. The Morgan fingerprint density at radius 3 is 2.65 bits per heavy atom. The maximum Gasteiger partial charge on any atom is 0.0966 e. The third kappa shape index (κ3) is 2.21. The molecule has 1 heterocycles. The molecule has 0 aliphatic carbocycles. The second-order valence-corrected chi connectivity index (χ2v) is 5.09.